The molecule has 4 aromatic rings. The van der Waals surface area contributed by atoms with Gasteiger partial charge in [-0.25, -0.2) is 8.42 Å². The fourth-order valence-electron chi connectivity index (χ4n) is 4.42. The fraction of sp³-hybridized carbons (Fsp3) is 0.290. The van der Waals surface area contributed by atoms with Crippen molar-refractivity contribution in [1.82, 2.24) is 24.4 Å². The second-order valence-electron chi connectivity index (χ2n) is 9.66. The highest BCUT2D eigenvalue weighted by Crippen LogP contribution is 2.24. The van der Waals surface area contributed by atoms with Crippen molar-refractivity contribution < 1.29 is 22.7 Å². The molecule has 0 fully saturated rings. The van der Waals surface area contributed by atoms with Gasteiger partial charge in [0.1, 0.15) is 5.75 Å². The van der Waals surface area contributed by atoms with Gasteiger partial charge >= 0.3 is 0 Å². The Morgan fingerprint density at radius 1 is 0.955 bits per heavy atom. The Morgan fingerprint density at radius 2 is 1.66 bits per heavy atom. The Hall–Kier alpha value is -4.20. The second kappa shape index (κ2) is 15.0. The number of rotatable bonds is 14. The summed E-state index contributed by atoms with van der Waals surface area (Å²) < 4.78 is 34.2. The molecule has 0 spiro atoms. The molecule has 1 heterocycles. The Labute approximate surface area is 262 Å². The number of carbonyl (C=O) groups is 2. The number of carbonyl (C=O) groups excluding carboxylic acids is 2. The lowest BCUT2D eigenvalue weighted by molar-refractivity contribution is -0.113. The predicted octanol–water partition coefficient (Wildman–Crippen LogP) is 4.67. The third-order valence-corrected chi connectivity index (χ3v) is 9.60. The van der Waals surface area contributed by atoms with Crippen molar-refractivity contribution in [2.45, 2.75) is 44.3 Å². The first kappa shape index (κ1) is 32.7. The molecule has 44 heavy (non-hydrogen) atoms. The predicted molar refractivity (Wildman–Crippen MR) is 171 cm³/mol. The lowest BCUT2D eigenvalue weighted by Gasteiger charge is -2.18. The molecule has 0 atom stereocenters. The highest BCUT2D eigenvalue weighted by Gasteiger charge is 2.22. The van der Waals surface area contributed by atoms with Crippen LogP contribution in [0.5, 0.6) is 5.75 Å². The molecule has 1 aromatic heterocycles. The molecule has 11 nitrogen and oxygen atoms in total. The van der Waals surface area contributed by atoms with E-state index in [2.05, 4.69) is 20.8 Å². The SMILES string of the molecule is CCOc1ccc(NC(=O)CSc2nnc(CNC(=O)c3ccc(S(=O)(=O)N(CC)CC)cc3)n2-c2cccc(C)c2)cc1. The van der Waals surface area contributed by atoms with Gasteiger partial charge in [-0.1, -0.05) is 37.7 Å². The first-order valence-electron chi connectivity index (χ1n) is 14.2. The monoisotopic (exact) mass is 636 g/mol. The Balaban J connectivity index is 1.46. The van der Waals surface area contributed by atoms with Gasteiger partial charge in [-0.2, -0.15) is 4.31 Å². The van der Waals surface area contributed by atoms with E-state index in [4.69, 9.17) is 4.74 Å². The summed E-state index contributed by atoms with van der Waals surface area (Å²) in [6.45, 7) is 8.76. The number of amides is 2. The van der Waals surface area contributed by atoms with Gasteiger partial charge in [0, 0.05) is 30.0 Å². The molecular weight excluding hydrogens is 601 g/mol. The van der Waals surface area contributed by atoms with Crippen molar-refractivity contribution in [1.29, 1.82) is 0 Å². The molecule has 0 saturated carbocycles. The van der Waals surface area contributed by atoms with Gasteiger partial charge in [0.25, 0.3) is 5.91 Å². The van der Waals surface area contributed by atoms with E-state index in [0.29, 0.717) is 41.9 Å². The van der Waals surface area contributed by atoms with Gasteiger partial charge in [-0.3, -0.25) is 14.2 Å². The quantitative estimate of drug-likeness (QED) is 0.191. The number of nitrogens with one attached hydrogen (secondary N) is 2. The summed E-state index contributed by atoms with van der Waals surface area (Å²) in [6, 6.07) is 20.7. The van der Waals surface area contributed by atoms with Crippen molar-refractivity contribution in [2.24, 2.45) is 0 Å². The number of aryl methyl sites for hydroxylation is 1. The van der Waals surface area contributed by atoms with Crippen molar-refractivity contribution in [3.63, 3.8) is 0 Å². The first-order valence-corrected chi connectivity index (χ1v) is 16.6. The zero-order chi connectivity index (χ0) is 31.7. The zero-order valence-electron chi connectivity index (χ0n) is 25.1. The van der Waals surface area contributed by atoms with Gasteiger partial charge in [-0.05, 0) is 80.1 Å². The van der Waals surface area contributed by atoms with Gasteiger partial charge in [0.05, 0.1) is 23.8 Å². The Bertz CT molecular complexity index is 1690. The summed E-state index contributed by atoms with van der Waals surface area (Å²) >= 11 is 1.23. The average Bonchev–Trinajstić information content (AvgIpc) is 3.43. The number of hydrogen-bond acceptors (Lipinski definition) is 8. The van der Waals surface area contributed by atoms with Crippen LogP contribution in [0.1, 0.15) is 42.5 Å². The average molecular weight is 637 g/mol. The number of ether oxygens (including phenoxy) is 1. The van der Waals surface area contributed by atoms with Crippen molar-refractivity contribution in [3.05, 3.63) is 89.7 Å². The molecule has 0 bridgehead atoms. The van der Waals surface area contributed by atoms with Crippen LogP contribution in [0.3, 0.4) is 0 Å². The molecule has 2 amide bonds. The topological polar surface area (TPSA) is 136 Å². The summed E-state index contributed by atoms with van der Waals surface area (Å²) in [5, 5.41) is 14.8. The van der Waals surface area contributed by atoms with Gasteiger partial charge in [0.2, 0.25) is 15.9 Å². The van der Waals surface area contributed by atoms with Crippen LogP contribution in [0, 0.1) is 6.92 Å². The minimum absolute atomic E-state index is 0.0538. The number of hydrogen-bond donors (Lipinski definition) is 2. The molecule has 4 rings (SSSR count). The van der Waals surface area contributed by atoms with Crippen LogP contribution in [0.25, 0.3) is 5.69 Å². The molecule has 0 aliphatic heterocycles. The minimum Gasteiger partial charge on any atom is -0.494 e. The van der Waals surface area contributed by atoms with Crippen LogP contribution < -0.4 is 15.4 Å². The van der Waals surface area contributed by atoms with Gasteiger partial charge in [0.15, 0.2) is 11.0 Å². The lowest BCUT2D eigenvalue weighted by Crippen LogP contribution is -2.30. The van der Waals surface area contributed by atoms with Crippen LogP contribution >= 0.6 is 11.8 Å². The van der Waals surface area contributed by atoms with E-state index < -0.39 is 10.0 Å². The molecule has 0 aliphatic carbocycles. The van der Waals surface area contributed by atoms with Gasteiger partial charge in [-0.15, -0.1) is 10.2 Å². The molecule has 3 aromatic carbocycles. The van der Waals surface area contributed by atoms with Crippen molar-refractivity contribution in [2.75, 3.05) is 30.8 Å². The largest absolute Gasteiger partial charge is 0.494 e. The van der Waals surface area contributed by atoms with E-state index in [1.54, 1.807) is 38.1 Å². The van der Waals surface area contributed by atoms with Crippen molar-refractivity contribution >= 4 is 39.3 Å². The number of aromatic nitrogens is 3. The fourth-order valence-corrected chi connectivity index (χ4v) is 6.64. The Kier molecular flexibility index (Phi) is 11.1. The standard InChI is InChI=1S/C31H36N6O5S2/c1-5-36(6-2)44(40,41)27-17-11-23(12-18-27)30(39)32-20-28-34-35-31(37(28)25-10-8-9-22(4)19-25)43-21-29(38)33-24-13-15-26(16-14-24)42-7-3/h8-19H,5-7,20-21H2,1-4H3,(H,32,39)(H,33,38). The lowest BCUT2D eigenvalue weighted by atomic mass is 10.2. The number of nitrogens with zero attached hydrogens (tertiary/aromatic N) is 4. The van der Waals surface area contributed by atoms with Crippen LogP contribution in [-0.4, -0.2) is 64.8 Å². The molecule has 0 saturated heterocycles. The summed E-state index contributed by atoms with van der Waals surface area (Å²) in [5.41, 5.74) is 2.78. The maximum Gasteiger partial charge on any atom is 0.251 e. The summed E-state index contributed by atoms with van der Waals surface area (Å²) in [7, 11) is -3.63. The third-order valence-electron chi connectivity index (χ3n) is 6.61. The third kappa shape index (κ3) is 8.04. The number of benzene rings is 3. The van der Waals surface area contributed by atoms with Crippen molar-refractivity contribution in [3.8, 4) is 11.4 Å². The van der Waals surface area contributed by atoms with E-state index >= 15 is 0 Å². The Morgan fingerprint density at radius 3 is 2.30 bits per heavy atom. The summed E-state index contributed by atoms with van der Waals surface area (Å²) in [4.78, 5) is 25.8. The van der Waals surface area contributed by atoms with E-state index in [0.717, 1.165) is 17.0 Å². The number of thioether (sulfide) groups is 1. The van der Waals surface area contributed by atoms with Crippen LogP contribution in [0.4, 0.5) is 5.69 Å². The van der Waals surface area contributed by atoms with Crippen LogP contribution in [-0.2, 0) is 21.4 Å². The van der Waals surface area contributed by atoms with Crippen LogP contribution in [0.15, 0.2) is 82.8 Å². The van der Waals surface area contributed by atoms with E-state index in [1.165, 1.54) is 40.3 Å². The molecule has 0 aliphatic rings. The minimum atomic E-state index is -3.63. The molecule has 232 valence electrons. The maximum absolute atomic E-state index is 13.0. The molecule has 0 unspecified atom stereocenters. The molecule has 2 N–H and O–H groups in total. The highest BCUT2D eigenvalue weighted by atomic mass is 32.2. The second-order valence-corrected chi connectivity index (χ2v) is 12.5. The summed E-state index contributed by atoms with van der Waals surface area (Å²) in [6.07, 6.45) is 0. The van der Waals surface area contributed by atoms with Crippen LogP contribution in [0.2, 0.25) is 0 Å². The van der Waals surface area contributed by atoms with E-state index in [9.17, 15) is 18.0 Å². The molecule has 0 radical (unpaired) electrons. The normalized spacial score (nSPS) is 11.4. The van der Waals surface area contributed by atoms with E-state index in [1.807, 2.05) is 42.7 Å². The molecular formula is C31H36N6O5S2. The maximum atomic E-state index is 13.0. The number of anilines is 1. The summed E-state index contributed by atoms with van der Waals surface area (Å²) in [5.74, 6) is 0.690. The highest BCUT2D eigenvalue weighted by molar-refractivity contribution is 7.99. The number of sulfonamides is 1. The van der Waals surface area contributed by atoms with Gasteiger partial charge < -0.3 is 15.4 Å². The zero-order valence-corrected chi connectivity index (χ0v) is 26.7. The molecule has 13 heteroatoms. The van der Waals surface area contributed by atoms with E-state index in [-0.39, 0.29) is 29.0 Å². The first-order chi connectivity index (χ1) is 21.2. The smallest absolute Gasteiger partial charge is 0.251 e.